The first-order valence-corrected chi connectivity index (χ1v) is 10.4. The van der Waals surface area contributed by atoms with Gasteiger partial charge in [0, 0.05) is 6.92 Å². The lowest BCUT2D eigenvalue weighted by molar-refractivity contribution is -0.131. The Bertz CT molecular complexity index is 1440. The van der Waals surface area contributed by atoms with Crippen LogP contribution in [0.4, 0.5) is 0 Å². The Hall–Kier alpha value is -3.98. The van der Waals surface area contributed by atoms with Gasteiger partial charge in [-0.2, -0.15) is 9.50 Å². The van der Waals surface area contributed by atoms with E-state index in [4.69, 9.17) is 14.2 Å². The molecule has 32 heavy (non-hydrogen) atoms. The lowest BCUT2D eigenvalue weighted by Crippen LogP contribution is -2.23. The van der Waals surface area contributed by atoms with E-state index < -0.39 is 5.97 Å². The first-order chi connectivity index (χ1) is 15.5. The van der Waals surface area contributed by atoms with Gasteiger partial charge in [-0.25, -0.2) is 0 Å². The number of carbonyl (C=O) groups excluding carboxylic acids is 1. The van der Waals surface area contributed by atoms with Crippen molar-refractivity contribution in [1.82, 2.24) is 14.6 Å². The van der Waals surface area contributed by atoms with E-state index in [1.165, 1.54) is 22.8 Å². The van der Waals surface area contributed by atoms with Crippen molar-refractivity contribution in [3.05, 3.63) is 74.3 Å². The zero-order valence-electron chi connectivity index (χ0n) is 17.6. The maximum Gasteiger partial charge on any atom is 0.308 e. The van der Waals surface area contributed by atoms with Gasteiger partial charge in [-0.15, -0.1) is 5.10 Å². The minimum Gasteiger partial charge on any atom is -0.493 e. The van der Waals surface area contributed by atoms with E-state index >= 15 is 0 Å². The van der Waals surface area contributed by atoms with E-state index in [9.17, 15) is 9.59 Å². The van der Waals surface area contributed by atoms with Crippen molar-refractivity contribution < 1.29 is 19.0 Å². The molecule has 0 atom stereocenters. The van der Waals surface area contributed by atoms with E-state index in [0.29, 0.717) is 32.6 Å². The standard InChI is InChI=1S/C23H19N3O5S/c1-14(27)31-17-6-4-5-16(11-17)13-20-22(28)26-23(32-20)24-21(25-26)10-8-15-7-9-18(29-2)19(12-15)30-3/h4-13H,1-3H3/b10-8+,20-13-. The van der Waals surface area contributed by atoms with Gasteiger partial charge >= 0.3 is 5.97 Å². The molecule has 0 fully saturated rings. The van der Waals surface area contributed by atoms with Gasteiger partial charge < -0.3 is 14.2 Å². The summed E-state index contributed by atoms with van der Waals surface area (Å²) in [6.45, 7) is 1.34. The molecule has 2 aromatic carbocycles. The zero-order valence-corrected chi connectivity index (χ0v) is 18.4. The molecule has 0 saturated heterocycles. The third kappa shape index (κ3) is 4.52. The number of benzene rings is 2. The molecule has 4 rings (SSSR count). The van der Waals surface area contributed by atoms with Crippen molar-refractivity contribution in [2.24, 2.45) is 0 Å². The molecular formula is C23H19N3O5S. The van der Waals surface area contributed by atoms with E-state index in [1.807, 2.05) is 30.3 Å². The molecule has 2 heterocycles. The second kappa shape index (κ2) is 9.03. The largest absolute Gasteiger partial charge is 0.493 e. The number of methoxy groups -OCH3 is 2. The SMILES string of the molecule is COc1ccc(/C=C/c2nc3s/c(=C\c4cccc(OC(C)=O)c4)c(=O)n3n2)cc1OC. The second-order valence-electron chi connectivity index (χ2n) is 6.69. The Labute approximate surface area is 187 Å². The summed E-state index contributed by atoms with van der Waals surface area (Å²) in [5.41, 5.74) is 1.35. The van der Waals surface area contributed by atoms with Crippen molar-refractivity contribution in [2.75, 3.05) is 14.2 Å². The fourth-order valence-electron chi connectivity index (χ4n) is 3.03. The van der Waals surface area contributed by atoms with E-state index in [0.717, 1.165) is 11.1 Å². The van der Waals surface area contributed by atoms with Gasteiger partial charge in [0.15, 0.2) is 17.3 Å². The number of ether oxygens (including phenoxy) is 3. The van der Waals surface area contributed by atoms with Gasteiger partial charge in [0.2, 0.25) is 4.96 Å². The van der Waals surface area contributed by atoms with Crippen LogP contribution in [0.15, 0.2) is 47.3 Å². The number of rotatable bonds is 6. The zero-order chi connectivity index (χ0) is 22.7. The molecule has 8 nitrogen and oxygen atoms in total. The van der Waals surface area contributed by atoms with Crippen LogP contribution in [0.2, 0.25) is 0 Å². The van der Waals surface area contributed by atoms with Crippen LogP contribution in [-0.4, -0.2) is 34.8 Å². The van der Waals surface area contributed by atoms with E-state index in [1.54, 1.807) is 44.6 Å². The Kier molecular flexibility index (Phi) is 6.00. The number of hydrogen-bond donors (Lipinski definition) is 0. The van der Waals surface area contributed by atoms with Crippen LogP contribution in [-0.2, 0) is 4.79 Å². The molecule has 0 N–H and O–H groups in total. The summed E-state index contributed by atoms with van der Waals surface area (Å²) in [7, 11) is 3.16. The minimum absolute atomic E-state index is 0.263. The summed E-state index contributed by atoms with van der Waals surface area (Å²) in [5, 5.41) is 4.29. The van der Waals surface area contributed by atoms with Crippen LogP contribution >= 0.6 is 11.3 Å². The Morgan fingerprint density at radius 2 is 1.84 bits per heavy atom. The molecule has 0 unspecified atom stereocenters. The van der Waals surface area contributed by atoms with E-state index in [2.05, 4.69) is 10.1 Å². The van der Waals surface area contributed by atoms with Crippen LogP contribution < -0.4 is 24.3 Å². The maximum absolute atomic E-state index is 12.7. The first-order valence-electron chi connectivity index (χ1n) is 9.56. The smallest absolute Gasteiger partial charge is 0.308 e. The van der Waals surface area contributed by atoms with Crippen molar-refractivity contribution in [3.63, 3.8) is 0 Å². The Morgan fingerprint density at radius 3 is 2.56 bits per heavy atom. The van der Waals surface area contributed by atoms with Crippen molar-refractivity contribution in [3.8, 4) is 17.2 Å². The maximum atomic E-state index is 12.7. The highest BCUT2D eigenvalue weighted by atomic mass is 32.1. The molecule has 0 spiro atoms. The molecule has 0 aliphatic heterocycles. The number of carbonyl (C=O) groups is 1. The summed E-state index contributed by atoms with van der Waals surface area (Å²) in [6, 6.07) is 12.5. The van der Waals surface area contributed by atoms with Gasteiger partial charge in [-0.3, -0.25) is 9.59 Å². The molecule has 162 valence electrons. The number of thiazole rings is 1. The predicted octanol–water partition coefficient (Wildman–Crippen LogP) is 2.81. The predicted molar refractivity (Wildman–Crippen MR) is 122 cm³/mol. The highest BCUT2D eigenvalue weighted by Crippen LogP contribution is 2.28. The monoisotopic (exact) mass is 449 g/mol. The molecule has 4 aromatic rings. The number of fused-ring (bicyclic) bond motifs is 1. The third-order valence-corrected chi connectivity index (χ3v) is 5.41. The molecule has 9 heteroatoms. The Balaban J connectivity index is 1.61. The summed E-state index contributed by atoms with van der Waals surface area (Å²) < 4.78 is 17.4. The second-order valence-corrected chi connectivity index (χ2v) is 7.70. The van der Waals surface area contributed by atoms with Crippen LogP contribution in [0, 0.1) is 0 Å². The number of hydrogen-bond acceptors (Lipinski definition) is 8. The molecule has 0 aliphatic rings. The van der Waals surface area contributed by atoms with Gasteiger partial charge in [-0.1, -0.05) is 35.6 Å². The quantitative estimate of drug-likeness (QED) is 0.330. The Morgan fingerprint density at radius 1 is 1.03 bits per heavy atom. The van der Waals surface area contributed by atoms with Crippen molar-refractivity contribution in [2.45, 2.75) is 6.92 Å². The van der Waals surface area contributed by atoms with Gasteiger partial charge in [0.1, 0.15) is 5.75 Å². The average molecular weight is 449 g/mol. The summed E-state index contributed by atoms with van der Waals surface area (Å²) in [6.07, 6.45) is 5.28. The lowest BCUT2D eigenvalue weighted by Gasteiger charge is -2.07. The molecule has 0 saturated carbocycles. The van der Waals surface area contributed by atoms with Crippen LogP contribution in [0.1, 0.15) is 23.9 Å². The van der Waals surface area contributed by atoms with Gasteiger partial charge in [-0.05, 0) is 47.5 Å². The van der Waals surface area contributed by atoms with Crippen LogP contribution in [0.3, 0.4) is 0 Å². The summed E-state index contributed by atoms with van der Waals surface area (Å²) in [4.78, 5) is 28.8. The molecule has 0 aliphatic carbocycles. The number of nitrogens with zero attached hydrogens (tertiary/aromatic N) is 3. The number of aromatic nitrogens is 3. The molecule has 0 radical (unpaired) electrons. The summed E-state index contributed by atoms with van der Waals surface area (Å²) in [5.74, 6) is 1.70. The average Bonchev–Trinajstić information content (AvgIpc) is 3.30. The topological polar surface area (TPSA) is 92.0 Å². The third-order valence-electron chi connectivity index (χ3n) is 4.45. The molecule has 0 bridgehead atoms. The highest BCUT2D eigenvalue weighted by Gasteiger charge is 2.09. The van der Waals surface area contributed by atoms with Crippen molar-refractivity contribution in [1.29, 1.82) is 0 Å². The lowest BCUT2D eigenvalue weighted by atomic mass is 10.2. The van der Waals surface area contributed by atoms with Crippen LogP contribution in [0.5, 0.6) is 17.2 Å². The molecular weight excluding hydrogens is 430 g/mol. The normalized spacial score (nSPS) is 11.9. The van der Waals surface area contributed by atoms with Gasteiger partial charge in [0.05, 0.1) is 18.8 Å². The number of esters is 1. The fourth-order valence-corrected chi connectivity index (χ4v) is 3.95. The highest BCUT2D eigenvalue weighted by molar-refractivity contribution is 7.15. The molecule has 2 aromatic heterocycles. The summed E-state index contributed by atoms with van der Waals surface area (Å²) >= 11 is 1.24. The van der Waals surface area contributed by atoms with Crippen molar-refractivity contribution >= 4 is 40.5 Å². The first kappa shape index (κ1) is 21.3. The fraction of sp³-hybridized carbons (Fsp3) is 0.130. The minimum atomic E-state index is -0.404. The van der Waals surface area contributed by atoms with Crippen LogP contribution in [0.25, 0.3) is 23.2 Å². The molecule has 0 amide bonds. The van der Waals surface area contributed by atoms with Gasteiger partial charge in [0.25, 0.3) is 5.56 Å². The van der Waals surface area contributed by atoms with E-state index in [-0.39, 0.29) is 5.56 Å².